The van der Waals surface area contributed by atoms with Gasteiger partial charge in [0.25, 0.3) is 0 Å². The Kier molecular flexibility index (Phi) is 12.0. The van der Waals surface area contributed by atoms with Crippen molar-refractivity contribution in [3.63, 3.8) is 0 Å². The van der Waals surface area contributed by atoms with E-state index < -0.39 is 0 Å². The molecule has 7 aromatic carbocycles. The lowest BCUT2D eigenvalue weighted by molar-refractivity contribution is 0.0970. The van der Waals surface area contributed by atoms with Crippen molar-refractivity contribution < 1.29 is 9.59 Å². The van der Waals surface area contributed by atoms with E-state index in [9.17, 15) is 0 Å². The van der Waals surface area contributed by atoms with Crippen molar-refractivity contribution in [2.24, 2.45) is 5.92 Å². The molecule has 0 amide bonds. The topological polar surface area (TPSA) is 34.1 Å². The number of hydrogen-bond acceptors (Lipinski definition) is 6. The Labute approximate surface area is 371 Å². The average molecular weight is 855 g/mol. The average Bonchev–Trinajstić information content (AvgIpc) is 3.26. The van der Waals surface area contributed by atoms with Crippen LogP contribution in [-0.4, -0.2) is 11.6 Å². The summed E-state index contributed by atoms with van der Waals surface area (Å²) in [5.74, 6) is 1.28. The molecular formula is C54H46O2S4. The first-order valence-corrected chi connectivity index (χ1v) is 24.0. The van der Waals surface area contributed by atoms with E-state index in [2.05, 4.69) is 149 Å². The highest BCUT2D eigenvalue weighted by Gasteiger charge is 2.38. The Hall–Kier alpha value is -4.72. The molecule has 0 atom stereocenters. The van der Waals surface area contributed by atoms with E-state index >= 15 is 9.59 Å². The number of aryl methyl sites for hydroxylation is 3. The molecule has 6 heteroatoms. The first-order valence-electron chi connectivity index (χ1n) is 20.7. The van der Waals surface area contributed by atoms with E-state index in [0.717, 1.165) is 50.6 Å². The van der Waals surface area contributed by atoms with E-state index in [1.54, 1.807) is 35.3 Å². The summed E-state index contributed by atoms with van der Waals surface area (Å²) in [5, 5.41) is 0. The molecule has 9 rings (SSSR count). The zero-order chi connectivity index (χ0) is 41.3. The van der Waals surface area contributed by atoms with E-state index in [0.29, 0.717) is 28.2 Å². The Morgan fingerprint density at radius 3 is 0.967 bits per heavy atom. The second kappa shape index (κ2) is 17.7. The SMILES string of the molecule is Cc1ccc(Sc2ccc(Sc3ccc(C)cc3)c3c2C(=O)c2c(Sc4ccc(C)cc4)ccc(Sc4ccc(-c5ccc(C6CCC(C)CC6)cc5)cc4)c2C3=O)cc1. The third kappa shape index (κ3) is 8.71. The van der Waals surface area contributed by atoms with Gasteiger partial charge in [0, 0.05) is 61.4 Å². The standard InChI is InChI=1S/C54H46O2S4/c1-33-5-13-37(14-6-33)38-15-17-39(18-16-38)40-19-27-44(28-20-40)60-48-32-31-47(59-43-25-11-36(4)12-26-43)51-52(48)54(56)50-46(58-42-23-9-35(3)10-24-42)30-29-45(49(50)53(51)55)57-41-21-7-34(2)8-22-41/h7-12,15-33,37H,5-6,13-14H2,1-4H3. The van der Waals surface area contributed by atoms with Crippen LogP contribution in [0.5, 0.6) is 0 Å². The number of hydrogen-bond donors (Lipinski definition) is 0. The van der Waals surface area contributed by atoms with Crippen LogP contribution < -0.4 is 0 Å². The summed E-state index contributed by atoms with van der Waals surface area (Å²) in [7, 11) is 0. The maximum atomic E-state index is 15.4. The molecule has 2 aliphatic carbocycles. The number of benzene rings is 7. The Morgan fingerprint density at radius 1 is 0.367 bits per heavy atom. The van der Waals surface area contributed by atoms with Crippen LogP contribution in [0.3, 0.4) is 0 Å². The summed E-state index contributed by atoms with van der Waals surface area (Å²) < 4.78 is 0. The van der Waals surface area contributed by atoms with Gasteiger partial charge in [-0.25, -0.2) is 0 Å². The normalized spacial score (nSPS) is 16.1. The van der Waals surface area contributed by atoms with Crippen molar-refractivity contribution in [1.29, 1.82) is 0 Å². The molecule has 298 valence electrons. The van der Waals surface area contributed by atoms with Gasteiger partial charge in [-0.05, 0) is 135 Å². The quantitative estimate of drug-likeness (QED) is 0.136. The lowest BCUT2D eigenvalue weighted by Crippen LogP contribution is -2.24. The summed E-state index contributed by atoms with van der Waals surface area (Å²) in [5.41, 5.74) is 9.24. The number of carbonyl (C=O) groups excluding carboxylic acids is 2. The fourth-order valence-electron chi connectivity index (χ4n) is 8.20. The minimum atomic E-state index is -0.112. The molecule has 1 fully saturated rings. The van der Waals surface area contributed by atoms with E-state index in [1.165, 1.54) is 65.3 Å². The molecule has 0 aliphatic heterocycles. The molecule has 2 aliphatic rings. The van der Waals surface area contributed by atoms with Crippen molar-refractivity contribution in [1.82, 2.24) is 0 Å². The number of rotatable bonds is 10. The van der Waals surface area contributed by atoms with Crippen molar-refractivity contribution >= 4 is 58.6 Å². The Morgan fingerprint density at radius 2 is 0.650 bits per heavy atom. The monoisotopic (exact) mass is 854 g/mol. The van der Waals surface area contributed by atoms with Crippen molar-refractivity contribution in [3.05, 3.63) is 190 Å². The molecule has 0 radical (unpaired) electrons. The zero-order valence-corrected chi connectivity index (χ0v) is 37.6. The molecule has 0 aromatic heterocycles. The van der Waals surface area contributed by atoms with Crippen LogP contribution in [0.1, 0.15) is 92.6 Å². The van der Waals surface area contributed by atoms with Crippen molar-refractivity contribution in [2.75, 3.05) is 0 Å². The summed E-state index contributed by atoms with van der Waals surface area (Å²) >= 11 is 6.17. The highest BCUT2D eigenvalue weighted by molar-refractivity contribution is 8.00. The Bertz CT molecular complexity index is 2690. The maximum Gasteiger partial charge on any atom is 0.196 e. The fourth-order valence-corrected chi connectivity index (χ4v) is 12.0. The number of carbonyl (C=O) groups is 2. The largest absolute Gasteiger partial charge is 0.288 e. The molecule has 7 aromatic rings. The van der Waals surface area contributed by atoms with Crippen LogP contribution in [0.15, 0.2) is 185 Å². The van der Waals surface area contributed by atoms with Gasteiger partial charge in [-0.15, -0.1) is 0 Å². The predicted molar refractivity (Wildman–Crippen MR) is 252 cm³/mol. The summed E-state index contributed by atoms with van der Waals surface area (Å²) in [4.78, 5) is 38.0. The molecular weight excluding hydrogens is 809 g/mol. The van der Waals surface area contributed by atoms with Gasteiger partial charge in [-0.1, -0.05) is 156 Å². The molecule has 60 heavy (non-hydrogen) atoms. The van der Waals surface area contributed by atoms with Crippen LogP contribution in [0.25, 0.3) is 11.1 Å². The van der Waals surface area contributed by atoms with Crippen LogP contribution in [0.2, 0.25) is 0 Å². The summed E-state index contributed by atoms with van der Waals surface area (Å²) in [6.07, 6.45) is 5.19. The van der Waals surface area contributed by atoms with Gasteiger partial charge in [0.05, 0.1) is 0 Å². The molecule has 0 saturated heterocycles. The van der Waals surface area contributed by atoms with Crippen LogP contribution in [0, 0.1) is 26.7 Å². The van der Waals surface area contributed by atoms with Gasteiger partial charge in [0.1, 0.15) is 0 Å². The Balaban J connectivity index is 1.10. The molecule has 0 unspecified atom stereocenters. The summed E-state index contributed by atoms with van der Waals surface area (Å²) in [6, 6.07) is 50.9. The lowest BCUT2D eigenvalue weighted by Gasteiger charge is -2.26. The van der Waals surface area contributed by atoms with E-state index in [1.807, 2.05) is 24.3 Å². The molecule has 0 spiro atoms. The molecule has 0 N–H and O–H groups in total. The van der Waals surface area contributed by atoms with Crippen molar-refractivity contribution in [3.8, 4) is 11.1 Å². The van der Waals surface area contributed by atoms with Gasteiger partial charge < -0.3 is 0 Å². The van der Waals surface area contributed by atoms with Crippen LogP contribution in [0.4, 0.5) is 0 Å². The zero-order valence-electron chi connectivity index (χ0n) is 34.3. The van der Waals surface area contributed by atoms with Gasteiger partial charge in [0.2, 0.25) is 0 Å². The van der Waals surface area contributed by atoms with Gasteiger partial charge >= 0.3 is 0 Å². The second-order valence-corrected chi connectivity index (χ2v) is 20.7. The van der Waals surface area contributed by atoms with Crippen LogP contribution in [-0.2, 0) is 0 Å². The molecule has 1 saturated carbocycles. The van der Waals surface area contributed by atoms with Gasteiger partial charge in [-0.2, -0.15) is 0 Å². The van der Waals surface area contributed by atoms with Gasteiger partial charge in [-0.3, -0.25) is 9.59 Å². The van der Waals surface area contributed by atoms with E-state index in [4.69, 9.17) is 0 Å². The highest BCUT2D eigenvalue weighted by atomic mass is 32.2. The molecule has 0 bridgehead atoms. The molecule has 2 nitrogen and oxygen atoms in total. The number of ketones is 2. The third-order valence-corrected chi connectivity index (χ3v) is 16.0. The first-order chi connectivity index (χ1) is 29.2. The maximum absolute atomic E-state index is 15.4. The second-order valence-electron chi connectivity index (χ2n) is 16.2. The summed E-state index contributed by atoms with van der Waals surface area (Å²) in [6.45, 7) is 8.58. The third-order valence-electron chi connectivity index (χ3n) is 11.7. The van der Waals surface area contributed by atoms with Crippen LogP contribution >= 0.6 is 47.0 Å². The van der Waals surface area contributed by atoms with E-state index in [-0.39, 0.29) is 11.6 Å². The molecule has 0 heterocycles. The van der Waals surface area contributed by atoms with Gasteiger partial charge in [0.15, 0.2) is 11.6 Å². The predicted octanol–water partition coefficient (Wildman–Crippen LogP) is 16.0. The highest BCUT2D eigenvalue weighted by Crippen LogP contribution is 2.48. The fraction of sp³-hybridized carbons (Fsp3) is 0.185. The number of fused-ring (bicyclic) bond motifs is 2. The lowest BCUT2D eigenvalue weighted by atomic mass is 9.79. The minimum absolute atomic E-state index is 0.112. The smallest absolute Gasteiger partial charge is 0.196 e. The minimum Gasteiger partial charge on any atom is -0.288 e. The van der Waals surface area contributed by atoms with Crippen molar-refractivity contribution in [2.45, 2.75) is 98.5 Å². The first kappa shape index (κ1) is 40.7.